The highest BCUT2D eigenvalue weighted by atomic mass is 16.4. The van der Waals surface area contributed by atoms with Crippen LogP contribution >= 0.6 is 0 Å². The fourth-order valence-electron chi connectivity index (χ4n) is 0.684. The number of carbonyl (C=O) groups is 1. The van der Waals surface area contributed by atoms with Crippen molar-refractivity contribution in [2.75, 3.05) is 0 Å². The Kier molecular flexibility index (Phi) is 2.01. The van der Waals surface area contributed by atoms with E-state index < -0.39 is 5.97 Å². The molecule has 1 aromatic rings. The summed E-state index contributed by atoms with van der Waals surface area (Å²) < 4.78 is 1.38. The van der Waals surface area contributed by atoms with E-state index in [9.17, 15) is 9.90 Å². The zero-order valence-electron chi connectivity index (χ0n) is 5.86. The number of carbonyl (C=O) groups excluding carboxylic acids is 1. The van der Waals surface area contributed by atoms with E-state index in [1.807, 2.05) is 0 Å². The molecule has 0 aliphatic rings. The van der Waals surface area contributed by atoms with Crippen molar-refractivity contribution >= 4 is 11.7 Å². The van der Waals surface area contributed by atoms with Gasteiger partial charge >= 0.3 is 0 Å². The molecule has 0 aliphatic heterocycles. The molecule has 0 N–H and O–H groups in total. The molecule has 0 aliphatic carbocycles. The molecular formula is C8H7NO2. The molecule has 0 saturated carbocycles. The van der Waals surface area contributed by atoms with Crippen LogP contribution in [-0.2, 0) is 4.79 Å². The number of carboxylic acids is 1. The van der Waals surface area contributed by atoms with Gasteiger partial charge in [0.05, 0.1) is 0 Å². The van der Waals surface area contributed by atoms with Crippen LogP contribution in [0.15, 0.2) is 37.2 Å². The summed E-state index contributed by atoms with van der Waals surface area (Å²) in [6.45, 7) is 3.33. The van der Waals surface area contributed by atoms with Crippen molar-refractivity contribution in [1.82, 2.24) is 0 Å². The Bertz CT molecular complexity index is 279. The third kappa shape index (κ3) is 1.64. The highest BCUT2D eigenvalue weighted by Crippen LogP contribution is 1.85. The van der Waals surface area contributed by atoms with Crippen LogP contribution in [-0.4, -0.2) is 5.97 Å². The Hall–Kier alpha value is -1.64. The summed E-state index contributed by atoms with van der Waals surface area (Å²) in [5.74, 6) is -1.26. The van der Waals surface area contributed by atoms with E-state index in [1.165, 1.54) is 4.57 Å². The van der Waals surface area contributed by atoms with Crippen LogP contribution < -0.4 is 9.67 Å². The summed E-state index contributed by atoms with van der Waals surface area (Å²) >= 11 is 0. The van der Waals surface area contributed by atoms with Gasteiger partial charge in [-0.2, -0.15) is 4.57 Å². The van der Waals surface area contributed by atoms with Gasteiger partial charge in [0, 0.05) is 12.1 Å². The molecule has 3 nitrogen and oxygen atoms in total. The number of nitrogens with zero attached hydrogens (tertiary/aromatic N) is 1. The van der Waals surface area contributed by atoms with E-state index in [-0.39, 0.29) is 5.70 Å². The molecule has 1 heterocycles. The van der Waals surface area contributed by atoms with Gasteiger partial charge in [0.2, 0.25) is 5.70 Å². The number of rotatable bonds is 2. The van der Waals surface area contributed by atoms with Gasteiger partial charge in [-0.3, -0.25) is 0 Å². The molecule has 0 radical (unpaired) electrons. The normalized spacial score (nSPS) is 9.09. The number of hydrogen-bond donors (Lipinski definition) is 0. The molecule has 0 aromatic carbocycles. The van der Waals surface area contributed by atoms with Crippen molar-refractivity contribution in [3.8, 4) is 0 Å². The zero-order valence-corrected chi connectivity index (χ0v) is 5.86. The Labute approximate surface area is 64.2 Å². The lowest BCUT2D eigenvalue weighted by atomic mass is 10.4. The van der Waals surface area contributed by atoms with Crippen molar-refractivity contribution < 1.29 is 14.5 Å². The predicted octanol–water partition coefficient (Wildman–Crippen LogP) is -0.805. The molecule has 0 bridgehead atoms. The molecule has 0 unspecified atom stereocenters. The van der Waals surface area contributed by atoms with Crippen LogP contribution in [0, 0.1) is 0 Å². The molecular weight excluding hydrogens is 142 g/mol. The van der Waals surface area contributed by atoms with Gasteiger partial charge in [-0.1, -0.05) is 6.07 Å². The van der Waals surface area contributed by atoms with Crippen molar-refractivity contribution in [1.29, 1.82) is 0 Å². The first-order valence-corrected chi connectivity index (χ1v) is 3.09. The molecule has 0 amide bonds. The van der Waals surface area contributed by atoms with Crippen molar-refractivity contribution in [2.24, 2.45) is 0 Å². The molecule has 3 heteroatoms. The van der Waals surface area contributed by atoms with E-state index in [2.05, 4.69) is 6.58 Å². The highest BCUT2D eigenvalue weighted by Gasteiger charge is 2.04. The van der Waals surface area contributed by atoms with E-state index in [4.69, 9.17) is 0 Å². The largest absolute Gasteiger partial charge is 0.539 e. The van der Waals surface area contributed by atoms with Crippen LogP contribution in [0.1, 0.15) is 0 Å². The number of aliphatic carboxylic acids is 1. The van der Waals surface area contributed by atoms with Gasteiger partial charge in [0.25, 0.3) is 0 Å². The standard InChI is InChI=1S/C8H7NO2/c1-7(8(10)11)9-5-3-2-4-6-9/h2-6H,1H2. The fourth-order valence-corrected chi connectivity index (χ4v) is 0.684. The van der Waals surface area contributed by atoms with Gasteiger partial charge in [-0.25, -0.2) is 0 Å². The molecule has 0 fully saturated rings. The molecule has 1 aromatic heterocycles. The predicted molar refractivity (Wildman–Crippen MR) is 37.0 cm³/mol. The highest BCUT2D eigenvalue weighted by molar-refractivity contribution is 6.01. The Morgan fingerprint density at radius 2 is 1.82 bits per heavy atom. The number of carboxylic acid groups (broad SMARTS) is 1. The number of aromatic nitrogens is 1. The maximum Gasteiger partial charge on any atom is 0.226 e. The summed E-state index contributed by atoms with van der Waals surface area (Å²) in [4.78, 5) is 10.3. The van der Waals surface area contributed by atoms with E-state index in [1.54, 1.807) is 30.6 Å². The Morgan fingerprint density at radius 1 is 1.27 bits per heavy atom. The van der Waals surface area contributed by atoms with Crippen LogP contribution in [0.5, 0.6) is 0 Å². The second kappa shape index (κ2) is 2.96. The minimum Gasteiger partial charge on any atom is -0.539 e. The lowest BCUT2D eigenvalue weighted by Gasteiger charge is -1.97. The second-order valence-corrected chi connectivity index (χ2v) is 2.02. The van der Waals surface area contributed by atoms with Crippen LogP contribution in [0.25, 0.3) is 5.70 Å². The van der Waals surface area contributed by atoms with Crippen molar-refractivity contribution in [3.63, 3.8) is 0 Å². The van der Waals surface area contributed by atoms with Gasteiger partial charge in [0.1, 0.15) is 5.97 Å². The minimum atomic E-state index is -1.26. The summed E-state index contributed by atoms with van der Waals surface area (Å²) in [7, 11) is 0. The van der Waals surface area contributed by atoms with Crippen molar-refractivity contribution in [3.05, 3.63) is 37.2 Å². The molecule has 1 rings (SSSR count). The first-order chi connectivity index (χ1) is 5.22. The quantitative estimate of drug-likeness (QED) is 0.408. The summed E-state index contributed by atoms with van der Waals surface area (Å²) in [5, 5.41) is 10.3. The third-order valence-corrected chi connectivity index (χ3v) is 1.26. The molecule has 56 valence electrons. The van der Waals surface area contributed by atoms with Crippen LogP contribution in [0.4, 0.5) is 0 Å². The van der Waals surface area contributed by atoms with Gasteiger partial charge in [-0.05, 0) is 6.58 Å². The lowest BCUT2D eigenvalue weighted by Crippen LogP contribution is -2.40. The monoisotopic (exact) mass is 149 g/mol. The van der Waals surface area contributed by atoms with Gasteiger partial charge < -0.3 is 9.90 Å². The average Bonchev–Trinajstić information content (AvgIpc) is 2.05. The Balaban J connectivity index is 2.95. The fraction of sp³-hybridized carbons (Fsp3) is 0. The maximum absolute atomic E-state index is 10.3. The molecule has 0 saturated heterocycles. The Morgan fingerprint density at radius 3 is 2.27 bits per heavy atom. The first kappa shape index (κ1) is 7.47. The summed E-state index contributed by atoms with van der Waals surface area (Å²) in [6.07, 6.45) is 3.19. The number of hydrogen-bond acceptors (Lipinski definition) is 2. The van der Waals surface area contributed by atoms with Crippen molar-refractivity contribution in [2.45, 2.75) is 0 Å². The maximum atomic E-state index is 10.3. The smallest absolute Gasteiger partial charge is 0.226 e. The molecule has 0 spiro atoms. The zero-order chi connectivity index (χ0) is 8.27. The summed E-state index contributed by atoms with van der Waals surface area (Å²) in [5.41, 5.74) is -0.0643. The second-order valence-electron chi connectivity index (χ2n) is 2.02. The van der Waals surface area contributed by atoms with Gasteiger partial charge in [0.15, 0.2) is 12.4 Å². The first-order valence-electron chi connectivity index (χ1n) is 3.09. The van der Waals surface area contributed by atoms with E-state index in [0.717, 1.165) is 0 Å². The molecule has 11 heavy (non-hydrogen) atoms. The van der Waals surface area contributed by atoms with Crippen LogP contribution in [0.3, 0.4) is 0 Å². The molecule has 0 atom stereocenters. The average molecular weight is 149 g/mol. The van der Waals surface area contributed by atoms with Crippen LogP contribution in [0.2, 0.25) is 0 Å². The minimum absolute atomic E-state index is 0.0643. The van der Waals surface area contributed by atoms with Gasteiger partial charge in [-0.15, -0.1) is 0 Å². The summed E-state index contributed by atoms with van der Waals surface area (Å²) in [6, 6.07) is 5.22. The third-order valence-electron chi connectivity index (χ3n) is 1.26. The SMILES string of the molecule is C=C(C(=O)[O-])[n+]1ccccc1. The van der Waals surface area contributed by atoms with E-state index >= 15 is 0 Å². The van der Waals surface area contributed by atoms with E-state index in [0.29, 0.717) is 0 Å². The topological polar surface area (TPSA) is 44.0 Å². The number of pyridine rings is 1. The lowest BCUT2D eigenvalue weighted by molar-refractivity contribution is -0.581.